The average molecular weight is 157 g/mol. The zero-order chi connectivity index (χ0) is 7.40. The number of aromatic nitrogens is 2. The largest absolute Gasteiger partial charge is 0.370 e. The van der Waals surface area contributed by atoms with Crippen molar-refractivity contribution in [3.05, 3.63) is 5.51 Å². The highest BCUT2D eigenvalue weighted by Crippen LogP contribution is 2.06. The van der Waals surface area contributed by atoms with E-state index in [1.807, 2.05) is 0 Å². The molecule has 54 valence electrons. The quantitative estimate of drug-likeness (QED) is 0.440. The van der Waals surface area contributed by atoms with Gasteiger partial charge in [-0.15, -0.1) is 10.2 Å². The van der Waals surface area contributed by atoms with Crippen LogP contribution in [0.25, 0.3) is 0 Å². The van der Waals surface area contributed by atoms with E-state index in [2.05, 4.69) is 20.5 Å². The lowest BCUT2D eigenvalue weighted by Gasteiger charge is -1.95. The molecule has 0 atom stereocenters. The summed E-state index contributed by atoms with van der Waals surface area (Å²) >= 11 is 1.37. The van der Waals surface area contributed by atoms with E-state index < -0.39 is 0 Å². The van der Waals surface area contributed by atoms with Gasteiger partial charge >= 0.3 is 0 Å². The molecule has 1 aromatic heterocycles. The first-order valence-corrected chi connectivity index (χ1v) is 3.46. The van der Waals surface area contributed by atoms with Gasteiger partial charge in [-0.25, -0.2) is 0 Å². The monoisotopic (exact) mass is 157 g/mol. The summed E-state index contributed by atoms with van der Waals surface area (Å²) in [5.41, 5.74) is 6.96. The van der Waals surface area contributed by atoms with E-state index >= 15 is 0 Å². The third-order valence-electron chi connectivity index (χ3n) is 0.836. The number of hydrogen-bond acceptors (Lipinski definition) is 4. The molecule has 0 fully saturated rings. The second kappa shape index (κ2) is 3.11. The summed E-state index contributed by atoms with van der Waals surface area (Å²) in [7, 11) is 1.60. The first-order chi connectivity index (χ1) is 4.83. The van der Waals surface area contributed by atoms with Crippen LogP contribution in [0.15, 0.2) is 10.5 Å². The van der Waals surface area contributed by atoms with Gasteiger partial charge in [-0.05, 0) is 0 Å². The van der Waals surface area contributed by atoms with Crippen molar-refractivity contribution in [1.29, 1.82) is 0 Å². The molecule has 0 aromatic carbocycles. The maximum absolute atomic E-state index is 5.34. The molecule has 0 amide bonds. The smallest absolute Gasteiger partial charge is 0.212 e. The predicted molar refractivity (Wildman–Crippen MR) is 41.1 cm³/mol. The van der Waals surface area contributed by atoms with Gasteiger partial charge in [0.05, 0.1) is 0 Å². The van der Waals surface area contributed by atoms with Crippen molar-refractivity contribution in [2.75, 3.05) is 12.4 Å². The third kappa shape index (κ3) is 1.66. The first-order valence-electron chi connectivity index (χ1n) is 2.58. The van der Waals surface area contributed by atoms with Crippen LogP contribution < -0.4 is 11.1 Å². The van der Waals surface area contributed by atoms with Crippen LogP contribution in [0.1, 0.15) is 0 Å². The van der Waals surface area contributed by atoms with E-state index in [1.165, 1.54) is 11.3 Å². The van der Waals surface area contributed by atoms with Gasteiger partial charge in [0, 0.05) is 7.05 Å². The zero-order valence-corrected chi connectivity index (χ0v) is 6.22. The number of aliphatic imine (C=N–C) groups is 1. The molecule has 0 bridgehead atoms. The minimum absolute atomic E-state index is 0.344. The van der Waals surface area contributed by atoms with Gasteiger partial charge in [-0.3, -0.25) is 4.99 Å². The summed E-state index contributed by atoms with van der Waals surface area (Å²) in [6.45, 7) is 0. The van der Waals surface area contributed by atoms with Gasteiger partial charge in [0.1, 0.15) is 5.51 Å². The highest BCUT2D eigenvalue weighted by atomic mass is 32.1. The van der Waals surface area contributed by atoms with E-state index in [9.17, 15) is 0 Å². The van der Waals surface area contributed by atoms with E-state index in [0.717, 1.165) is 0 Å². The van der Waals surface area contributed by atoms with Crippen molar-refractivity contribution in [2.45, 2.75) is 0 Å². The van der Waals surface area contributed by atoms with Gasteiger partial charge in [0.15, 0.2) is 5.96 Å². The van der Waals surface area contributed by atoms with Crippen molar-refractivity contribution in [3.8, 4) is 0 Å². The molecule has 5 nitrogen and oxygen atoms in total. The van der Waals surface area contributed by atoms with Crippen LogP contribution in [-0.2, 0) is 0 Å². The molecular weight excluding hydrogens is 150 g/mol. The number of hydrogen-bond donors (Lipinski definition) is 2. The Morgan fingerprint density at radius 2 is 2.70 bits per heavy atom. The van der Waals surface area contributed by atoms with Gasteiger partial charge in [0.2, 0.25) is 5.13 Å². The molecule has 0 aliphatic heterocycles. The lowest BCUT2D eigenvalue weighted by Crippen LogP contribution is -2.21. The molecule has 1 rings (SSSR count). The van der Waals surface area contributed by atoms with Crippen LogP contribution in [0.2, 0.25) is 0 Å². The van der Waals surface area contributed by atoms with Crippen LogP contribution in [0.4, 0.5) is 5.13 Å². The van der Waals surface area contributed by atoms with E-state index in [-0.39, 0.29) is 0 Å². The Hall–Kier alpha value is -1.17. The molecule has 0 saturated heterocycles. The Morgan fingerprint density at radius 1 is 1.90 bits per heavy atom. The molecule has 0 saturated carbocycles. The van der Waals surface area contributed by atoms with E-state index in [0.29, 0.717) is 11.1 Å². The SMILES string of the molecule is CN=C(N)Nc1nncs1. The Labute approximate surface area is 62.0 Å². The zero-order valence-electron chi connectivity index (χ0n) is 5.40. The molecule has 3 N–H and O–H groups in total. The summed E-state index contributed by atoms with van der Waals surface area (Å²) < 4.78 is 0. The summed E-state index contributed by atoms with van der Waals surface area (Å²) in [6.07, 6.45) is 0. The number of nitrogens with two attached hydrogens (primary N) is 1. The number of nitrogens with zero attached hydrogens (tertiary/aromatic N) is 3. The first kappa shape index (κ1) is 6.94. The van der Waals surface area contributed by atoms with Crippen LogP contribution in [0.5, 0.6) is 0 Å². The Balaban J connectivity index is 2.56. The fourth-order valence-electron chi connectivity index (χ4n) is 0.393. The fraction of sp³-hybridized carbons (Fsp3) is 0.250. The summed E-state index contributed by atoms with van der Waals surface area (Å²) in [5.74, 6) is 0.344. The number of guanidine groups is 1. The molecule has 1 aromatic rings. The number of rotatable bonds is 1. The van der Waals surface area contributed by atoms with Crippen molar-refractivity contribution in [3.63, 3.8) is 0 Å². The van der Waals surface area contributed by atoms with Crippen LogP contribution >= 0.6 is 11.3 Å². The minimum atomic E-state index is 0.344. The Bertz CT molecular complexity index is 216. The van der Waals surface area contributed by atoms with Crippen LogP contribution in [-0.4, -0.2) is 23.2 Å². The lowest BCUT2D eigenvalue weighted by atomic mass is 10.9. The minimum Gasteiger partial charge on any atom is -0.370 e. The number of nitrogens with one attached hydrogen (secondary N) is 1. The van der Waals surface area contributed by atoms with Gasteiger partial charge in [0.25, 0.3) is 0 Å². The van der Waals surface area contributed by atoms with Crippen LogP contribution in [0.3, 0.4) is 0 Å². The topological polar surface area (TPSA) is 76.2 Å². The third-order valence-corrected chi connectivity index (χ3v) is 1.44. The number of anilines is 1. The molecule has 10 heavy (non-hydrogen) atoms. The van der Waals surface area contributed by atoms with E-state index in [1.54, 1.807) is 12.6 Å². The van der Waals surface area contributed by atoms with E-state index in [4.69, 9.17) is 5.73 Å². The van der Waals surface area contributed by atoms with Crippen molar-refractivity contribution in [1.82, 2.24) is 10.2 Å². The average Bonchev–Trinajstić information content (AvgIpc) is 2.40. The second-order valence-corrected chi connectivity index (χ2v) is 2.31. The van der Waals surface area contributed by atoms with Gasteiger partial charge in [-0.2, -0.15) is 0 Å². The predicted octanol–water partition coefficient (Wildman–Crippen LogP) is -0.106. The molecule has 1 heterocycles. The maximum atomic E-state index is 5.34. The lowest BCUT2D eigenvalue weighted by molar-refractivity contribution is 1.09. The Morgan fingerprint density at radius 3 is 3.20 bits per heavy atom. The van der Waals surface area contributed by atoms with Crippen molar-refractivity contribution in [2.24, 2.45) is 10.7 Å². The van der Waals surface area contributed by atoms with Crippen molar-refractivity contribution >= 4 is 22.4 Å². The molecular formula is C4H7N5S. The highest BCUT2D eigenvalue weighted by molar-refractivity contribution is 7.13. The molecule has 0 aliphatic rings. The maximum Gasteiger partial charge on any atom is 0.212 e. The highest BCUT2D eigenvalue weighted by Gasteiger charge is 1.94. The second-order valence-electron chi connectivity index (χ2n) is 1.48. The molecule has 6 heteroatoms. The summed E-state index contributed by atoms with van der Waals surface area (Å²) in [4.78, 5) is 3.69. The molecule has 0 radical (unpaired) electrons. The Kier molecular flexibility index (Phi) is 2.16. The fourth-order valence-corrected chi connectivity index (χ4v) is 0.845. The van der Waals surface area contributed by atoms with Crippen molar-refractivity contribution < 1.29 is 0 Å². The molecule has 0 aliphatic carbocycles. The van der Waals surface area contributed by atoms with Gasteiger partial charge < -0.3 is 11.1 Å². The molecule has 0 unspecified atom stereocenters. The summed E-state index contributed by atoms with van der Waals surface area (Å²) in [6, 6.07) is 0. The summed E-state index contributed by atoms with van der Waals surface area (Å²) in [5, 5.41) is 10.7. The normalized spacial score (nSPS) is 11.5. The standard InChI is InChI=1S/C4H7N5S/c1-6-3(5)8-4-9-7-2-10-4/h2H,1H3,(H3,5,6,8,9). The van der Waals surface area contributed by atoms with Crippen LogP contribution in [0, 0.1) is 0 Å². The van der Waals surface area contributed by atoms with Gasteiger partial charge in [-0.1, -0.05) is 11.3 Å². The molecule has 0 spiro atoms.